The normalized spacial score (nSPS) is 9.71. The van der Waals surface area contributed by atoms with E-state index in [2.05, 4.69) is 20.4 Å². The molecule has 0 aliphatic carbocycles. The summed E-state index contributed by atoms with van der Waals surface area (Å²) in [5.74, 6) is 5.99. The zero-order valence-electron chi connectivity index (χ0n) is 8.48. The van der Waals surface area contributed by atoms with E-state index in [4.69, 9.17) is 10.6 Å². The Kier molecular flexibility index (Phi) is 3.41. The van der Waals surface area contributed by atoms with E-state index < -0.39 is 0 Å². The second-order valence-corrected chi connectivity index (χ2v) is 2.71. The highest BCUT2D eigenvalue weighted by molar-refractivity contribution is 5.35. The zero-order chi connectivity index (χ0) is 10.6. The zero-order valence-corrected chi connectivity index (χ0v) is 8.48. The highest BCUT2D eigenvalue weighted by Crippen LogP contribution is 2.11. The molecule has 0 radical (unpaired) electrons. The second-order valence-electron chi connectivity index (χ2n) is 2.71. The molecule has 1 aromatic heterocycles. The van der Waals surface area contributed by atoms with Crippen molar-refractivity contribution in [3.63, 3.8) is 0 Å². The van der Waals surface area contributed by atoms with Crippen LogP contribution in [0, 0.1) is 0 Å². The number of nitrogen functional groups attached to an aromatic ring is 1. The Bertz CT molecular complexity index is 302. The Morgan fingerprint density at radius 3 is 2.57 bits per heavy atom. The lowest BCUT2D eigenvalue weighted by Crippen LogP contribution is -2.18. The van der Waals surface area contributed by atoms with Crippen molar-refractivity contribution in [1.82, 2.24) is 15.0 Å². The van der Waals surface area contributed by atoms with Gasteiger partial charge in [0.1, 0.15) is 0 Å². The largest absolute Gasteiger partial charge is 0.464 e. The van der Waals surface area contributed by atoms with E-state index in [-0.39, 0.29) is 12.0 Å². The Labute approximate surface area is 82.3 Å². The summed E-state index contributed by atoms with van der Waals surface area (Å²) in [7, 11) is 3.65. The predicted octanol–water partition coefficient (Wildman–Crippen LogP) is -0.378. The first-order valence-electron chi connectivity index (χ1n) is 4.20. The van der Waals surface area contributed by atoms with Crippen LogP contribution in [0.4, 0.5) is 11.9 Å². The van der Waals surface area contributed by atoms with Crippen molar-refractivity contribution in [2.75, 3.05) is 31.0 Å². The molecule has 1 rings (SSSR count). The Morgan fingerprint density at radius 2 is 2.07 bits per heavy atom. The van der Waals surface area contributed by atoms with Crippen LogP contribution in [-0.4, -0.2) is 35.7 Å². The Morgan fingerprint density at radius 1 is 1.36 bits per heavy atom. The van der Waals surface area contributed by atoms with Crippen molar-refractivity contribution in [1.29, 1.82) is 0 Å². The molecule has 3 N–H and O–H groups in total. The van der Waals surface area contributed by atoms with Gasteiger partial charge in [0.15, 0.2) is 0 Å². The van der Waals surface area contributed by atoms with Crippen LogP contribution in [0.15, 0.2) is 0 Å². The lowest BCUT2D eigenvalue weighted by Gasteiger charge is -2.11. The monoisotopic (exact) mass is 198 g/mol. The van der Waals surface area contributed by atoms with Gasteiger partial charge < -0.3 is 9.64 Å². The summed E-state index contributed by atoms with van der Waals surface area (Å²) < 4.78 is 5.15. The third-order valence-corrected chi connectivity index (χ3v) is 1.41. The SMILES string of the molecule is CCOc1nc(NN)nc(N(C)C)n1. The third-order valence-electron chi connectivity index (χ3n) is 1.41. The fourth-order valence-corrected chi connectivity index (χ4v) is 0.804. The van der Waals surface area contributed by atoms with E-state index in [9.17, 15) is 0 Å². The average Bonchev–Trinajstić information content (AvgIpc) is 2.17. The van der Waals surface area contributed by atoms with Gasteiger partial charge in [0.05, 0.1) is 6.61 Å². The lowest BCUT2D eigenvalue weighted by atomic mass is 10.7. The maximum Gasteiger partial charge on any atom is 0.323 e. The molecule has 0 amide bonds. The Balaban J connectivity index is 3.00. The molecule has 0 aromatic carbocycles. The van der Waals surface area contributed by atoms with E-state index in [1.165, 1.54) is 0 Å². The molecule has 0 bridgehead atoms. The molecular formula is C7H14N6O. The standard InChI is InChI=1S/C7H14N6O/c1-4-14-7-10-5(12-8)9-6(11-7)13(2)3/h4,8H2,1-3H3,(H,9,10,11,12). The van der Waals surface area contributed by atoms with Crippen molar-refractivity contribution < 1.29 is 4.74 Å². The minimum Gasteiger partial charge on any atom is -0.464 e. The number of hydrazine groups is 1. The summed E-state index contributed by atoms with van der Waals surface area (Å²) in [6.45, 7) is 2.36. The summed E-state index contributed by atoms with van der Waals surface area (Å²) in [5, 5.41) is 0. The van der Waals surface area contributed by atoms with Crippen LogP contribution in [0.25, 0.3) is 0 Å². The number of hydrogen-bond donors (Lipinski definition) is 2. The van der Waals surface area contributed by atoms with Crippen LogP contribution >= 0.6 is 0 Å². The molecule has 1 heterocycles. The van der Waals surface area contributed by atoms with Gasteiger partial charge in [-0.3, -0.25) is 5.43 Å². The van der Waals surface area contributed by atoms with E-state index in [1.54, 1.807) is 4.90 Å². The first-order chi connectivity index (χ1) is 6.67. The number of hydrogen-bond acceptors (Lipinski definition) is 7. The summed E-state index contributed by atoms with van der Waals surface area (Å²) in [6.07, 6.45) is 0. The quantitative estimate of drug-likeness (QED) is 0.503. The van der Waals surface area contributed by atoms with Gasteiger partial charge >= 0.3 is 6.01 Å². The van der Waals surface area contributed by atoms with Gasteiger partial charge in [-0.25, -0.2) is 5.84 Å². The minimum atomic E-state index is 0.263. The first-order valence-corrected chi connectivity index (χ1v) is 4.20. The van der Waals surface area contributed by atoms with Gasteiger partial charge in [0, 0.05) is 14.1 Å². The smallest absolute Gasteiger partial charge is 0.323 e. The maximum absolute atomic E-state index is 5.21. The summed E-state index contributed by atoms with van der Waals surface area (Å²) in [4.78, 5) is 13.7. The van der Waals surface area contributed by atoms with Gasteiger partial charge in [-0.1, -0.05) is 0 Å². The number of aromatic nitrogens is 3. The van der Waals surface area contributed by atoms with Gasteiger partial charge in [0.25, 0.3) is 0 Å². The summed E-state index contributed by atoms with van der Waals surface area (Å²) in [5.41, 5.74) is 2.35. The molecule has 0 aliphatic rings. The molecule has 0 spiro atoms. The second kappa shape index (κ2) is 4.56. The molecule has 78 valence electrons. The van der Waals surface area contributed by atoms with Crippen LogP contribution in [-0.2, 0) is 0 Å². The maximum atomic E-state index is 5.21. The number of nitrogens with zero attached hydrogens (tertiary/aromatic N) is 4. The van der Waals surface area contributed by atoms with Crippen LogP contribution in [0.2, 0.25) is 0 Å². The number of rotatable bonds is 4. The highest BCUT2D eigenvalue weighted by Gasteiger charge is 2.07. The van der Waals surface area contributed by atoms with Crippen LogP contribution in [0.5, 0.6) is 6.01 Å². The molecule has 0 fully saturated rings. The average molecular weight is 198 g/mol. The van der Waals surface area contributed by atoms with Gasteiger partial charge in [0.2, 0.25) is 11.9 Å². The molecular weight excluding hydrogens is 184 g/mol. The molecule has 0 unspecified atom stereocenters. The summed E-state index contributed by atoms with van der Waals surface area (Å²) >= 11 is 0. The molecule has 7 nitrogen and oxygen atoms in total. The van der Waals surface area contributed by atoms with Gasteiger partial charge in [-0.05, 0) is 6.92 Å². The van der Waals surface area contributed by atoms with Crippen molar-refractivity contribution in [3.8, 4) is 6.01 Å². The molecule has 14 heavy (non-hydrogen) atoms. The third kappa shape index (κ3) is 2.43. The van der Waals surface area contributed by atoms with E-state index in [1.807, 2.05) is 21.0 Å². The van der Waals surface area contributed by atoms with Crippen LogP contribution in [0.3, 0.4) is 0 Å². The first kappa shape index (κ1) is 10.5. The predicted molar refractivity (Wildman–Crippen MR) is 53.1 cm³/mol. The molecule has 0 saturated carbocycles. The number of nitrogens with two attached hydrogens (primary N) is 1. The molecule has 7 heteroatoms. The van der Waals surface area contributed by atoms with Crippen LogP contribution < -0.4 is 20.9 Å². The van der Waals surface area contributed by atoms with E-state index in [0.29, 0.717) is 12.6 Å². The molecule has 0 saturated heterocycles. The topological polar surface area (TPSA) is 89.2 Å². The molecule has 0 atom stereocenters. The van der Waals surface area contributed by atoms with Crippen LogP contribution in [0.1, 0.15) is 6.92 Å². The number of anilines is 2. The van der Waals surface area contributed by atoms with Crippen molar-refractivity contribution in [2.45, 2.75) is 6.92 Å². The van der Waals surface area contributed by atoms with Crippen molar-refractivity contribution in [3.05, 3.63) is 0 Å². The van der Waals surface area contributed by atoms with Gasteiger partial charge in [-0.2, -0.15) is 15.0 Å². The van der Waals surface area contributed by atoms with E-state index in [0.717, 1.165) is 0 Å². The Hall–Kier alpha value is -1.63. The fourth-order valence-electron chi connectivity index (χ4n) is 0.804. The van der Waals surface area contributed by atoms with Gasteiger partial charge in [-0.15, -0.1) is 0 Å². The number of nitrogens with one attached hydrogen (secondary N) is 1. The van der Waals surface area contributed by atoms with Crippen molar-refractivity contribution in [2.24, 2.45) is 5.84 Å². The molecule has 1 aromatic rings. The highest BCUT2D eigenvalue weighted by atomic mass is 16.5. The fraction of sp³-hybridized carbons (Fsp3) is 0.571. The summed E-state index contributed by atoms with van der Waals surface area (Å²) in [6, 6.07) is 0.263. The van der Waals surface area contributed by atoms with Crippen molar-refractivity contribution >= 4 is 11.9 Å². The minimum absolute atomic E-state index is 0.263. The number of ether oxygens (including phenoxy) is 1. The molecule has 0 aliphatic heterocycles. The lowest BCUT2D eigenvalue weighted by molar-refractivity contribution is 0.312. The van der Waals surface area contributed by atoms with E-state index >= 15 is 0 Å².